The molecule has 0 spiro atoms. The van der Waals surface area contributed by atoms with Crippen LogP contribution in [0.3, 0.4) is 0 Å². The highest BCUT2D eigenvalue weighted by Gasteiger charge is 2.32. The lowest BCUT2D eigenvalue weighted by Crippen LogP contribution is -2.33. The van der Waals surface area contributed by atoms with Gasteiger partial charge in [-0.2, -0.15) is 11.3 Å². The van der Waals surface area contributed by atoms with Gasteiger partial charge in [-0.05, 0) is 36.8 Å². The van der Waals surface area contributed by atoms with Crippen molar-refractivity contribution in [3.63, 3.8) is 0 Å². The second kappa shape index (κ2) is 8.40. The summed E-state index contributed by atoms with van der Waals surface area (Å²) in [6.07, 6.45) is 2.61. The van der Waals surface area contributed by atoms with E-state index < -0.39 is 11.6 Å². The van der Waals surface area contributed by atoms with Crippen LogP contribution in [-0.2, 0) is 11.3 Å². The van der Waals surface area contributed by atoms with Gasteiger partial charge in [0.2, 0.25) is 5.91 Å². The van der Waals surface area contributed by atoms with E-state index in [1.807, 2.05) is 5.38 Å². The van der Waals surface area contributed by atoms with Gasteiger partial charge in [0.25, 0.3) is 5.91 Å². The number of amides is 2. The molecule has 0 bridgehead atoms. The SMILES string of the molecule is O=C(NCCCC(=O)N(Cc1ccc(F)cc1F)C1CC1)c1ccsc1. The smallest absolute Gasteiger partial charge is 0.252 e. The summed E-state index contributed by atoms with van der Waals surface area (Å²) in [7, 11) is 0. The summed E-state index contributed by atoms with van der Waals surface area (Å²) < 4.78 is 26.9. The predicted octanol–water partition coefficient (Wildman–Crippen LogP) is 3.73. The Labute approximate surface area is 154 Å². The lowest BCUT2D eigenvalue weighted by molar-refractivity contribution is -0.132. The standard InChI is InChI=1S/C19H20F2N2O2S/c20-15-4-3-13(17(21)10-15)11-23(16-5-6-16)18(24)2-1-8-22-19(25)14-7-9-26-12-14/h3-4,7,9-10,12,16H,1-2,5-6,8,11H2,(H,22,25). The Morgan fingerprint density at radius 1 is 1.23 bits per heavy atom. The first-order valence-corrected chi connectivity index (χ1v) is 9.52. The molecule has 1 aromatic heterocycles. The zero-order valence-electron chi connectivity index (χ0n) is 14.2. The van der Waals surface area contributed by atoms with Gasteiger partial charge in [-0.25, -0.2) is 8.78 Å². The molecular weight excluding hydrogens is 358 g/mol. The van der Waals surface area contributed by atoms with E-state index in [2.05, 4.69) is 5.32 Å². The molecule has 0 aliphatic heterocycles. The Kier molecular flexibility index (Phi) is 5.98. The third kappa shape index (κ3) is 4.88. The molecule has 2 amide bonds. The molecule has 3 rings (SSSR count). The molecule has 138 valence electrons. The molecule has 7 heteroatoms. The quantitative estimate of drug-likeness (QED) is 0.712. The molecule has 1 aromatic carbocycles. The summed E-state index contributed by atoms with van der Waals surface area (Å²) in [6.45, 7) is 0.556. The molecule has 1 heterocycles. The number of nitrogens with zero attached hydrogens (tertiary/aromatic N) is 1. The molecule has 1 N–H and O–H groups in total. The van der Waals surface area contributed by atoms with Crippen molar-refractivity contribution in [2.45, 2.75) is 38.3 Å². The van der Waals surface area contributed by atoms with Crippen molar-refractivity contribution in [3.8, 4) is 0 Å². The first kappa shape index (κ1) is 18.5. The van der Waals surface area contributed by atoms with Gasteiger partial charge in [0.1, 0.15) is 11.6 Å². The fourth-order valence-corrected chi connectivity index (χ4v) is 3.36. The zero-order chi connectivity index (χ0) is 18.5. The fraction of sp³-hybridized carbons (Fsp3) is 0.368. The van der Waals surface area contributed by atoms with Crippen molar-refractivity contribution < 1.29 is 18.4 Å². The number of carbonyl (C=O) groups is 2. The van der Waals surface area contributed by atoms with E-state index in [1.54, 1.807) is 16.3 Å². The molecule has 0 unspecified atom stereocenters. The van der Waals surface area contributed by atoms with Gasteiger partial charge in [0.05, 0.1) is 0 Å². The molecular formula is C19H20F2N2O2S. The van der Waals surface area contributed by atoms with Gasteiger partial charge in [0, 0.05) is 48.1 Å². The van der Waals surface area contributed by atoms with Crippen LogP contribution in [0.5, 0.6) is 0 Å². The average molecular weight is 378 g/mol. The van der Waals surface area contributed by atoms with Crippen LogP contribution in [-0.4, -0.2) is 29.3 Å². The average Bonchev–Trinajstić information content (AvgIpc) is 3.30. The monoisotopic (exact) mass is 378 g/mol. The minimum atomic E-state index is -0.633. The number of hydrogen-bond donors (Lipinski definition) is 1. The van der Waals surface area contributed by atoms with Crippen molar-refractivity contribution in [2.75, 3.05) is 6.54 Å². The van der Waals surface area contributed by atoms with Gasteiger partial charge >= 0.3 is 0 Å². The molecule has 1 aliphatic carbocycles. The van der Waals surface area contributed by atoms with Crippen LogP contribution in [0.15, 0.2) is 35.0 Å². The van der Waals surface area contributed by atoms with Crippen molar-refractivity contribution in [1.29, 1.82) is 0 Å². The van der Waals surface area contributed by atoms with Crippen LogP contribution in [0.2, 0.25) is 0 Å². The Balaban J connectivity index is 1.49. The maximum Gasteiger partial charge on any atom is 0.252 e. The van der Waals surface area contributed by atoms with Gasteiger partial charge in [-0.1, -0.05) is 6.07 Å². The maximum atomic E-state index is 13.9. The Hall–Kier alpha value is -2.28. The van der Waals surface area contributed by atoms with E-state index in [0.717, 1.165) is 18.9 Å². The summed E-state index contributed by atoms with van der Waals surface area (Å²) in [4.78, 5) is 26.0. The van der Waals surface area contributed by atoms with Crippen molar-refractivity contribution in [1.82, 2.24) is 10.2 Å². The summed E-state index contributed by atoms with van der Waals surface area (Å²) in [5.74, 6) is -1.48. The van der Waals surface area contributed by atoms with Crippen LogP contribution in [0.1, 0.15) is 41.6 Å². The fourth-order valence-electron chi connectivity index (χ4n) is 2.72. The van der Waals surface area contributed by atoms with Crippen molar-refractivity contribution in [3.05, 3.63) is 57.8 Å². The Morgan fingerprint density at radius 3 is 2.69 bits per heavy atom. The first-order chi connectivity index (χ1) is 12.5. The number of carbonyl (C=O) groups excluding carboxylic acids is 2. The van der Waals surface area contributed by atoms with Gasteiger partial charge in [-0.3, -0.25) is 9.59 Å². The van der Waals surface area contributed by atoms with Crippen LogP contribution < -0.4 is 5.32 Å². The van der Waals surface area contributed by atoms with Crippen LogP contribution >= 0.6 is 11.3 Å². The molecule has 0 saturated heterocycles. The summed E-state index contributed by atoms with van der Waals surface area (Å²) in [5.41, 5.74) is 0.935. The van der Waals surface area contributed by atoms with Crippen LogP contribution in [0, 0.1) is 11.6 Å². The van der Waals surface area contributed by atoms with Gasteiger partial charge in [0.15, 0.2) is 0 Å². The highest BCUT2D eigenvalue weighted by molar-refractivity contribution is 7.08. The summed E-state index contributed by atoms with van der Waals surface area (Å²) in [6, 6.07) is 5.30. The molecule has 0 atom stereocenters. The molecule has 1 aliphatic rings. The highest BCUT2D eigenvalue weighted by Crippen LogP contribution is 2.29. The number of thiophene rings is 1. The van der Waals surface area contributed by atoms with E-state index in [1.165, 1.54) is 23.5 Å². The van der Waals surface area contributed by atoms with E-state index in [4.69, 9.17) is 0 Å². The van der Waals surface area contributed by atoms with Gasteiger partial charge < -0.3 is 10.2 Å². The topological polar surface area (TPSA) is 49.4 Å². The number of halogens is 2. The second-order valence-corrected chi connectivity index (χ2v) is 7.14. The lowest BCUT2D eigenvalue weighted by atomic mass is 10.1. The van der Waals surface area contributed by atoms with E-state index in [0.29, 0.717) is 24.1 Å². The number of hydrogen-bond acceptors (Lipinski definition) is 3. The van der Waals surface area contributed by atoms with E-state index in [9.17, 15) is 18.4 Å². The van der Waals surface area contributed by atoms with Gasteiger partial charge in [-0.15, -0.1) is 0 Å². The molecule has 1 saturated carbocycles. The zero-order valence-corrected chi connectivity index (χ0v) is 15.0. The number of benzene rings is 1. The van der Waals surface area contributed by atoms with E-state index in [-0.39, 0.29) is 30.8 Å². The van der Waals surface area contributed by atoms with Crippen LogP contribution in [0.4, 0.5) is 8.78 Å². The third-order valence-electron chi connectivity index (χ3n) is 4.30. The minimum absolute atomic E-state index is 0.0685. The number of nitrogens with one attached hydrogen (secondary N) is 1. The van der Waals surface area contributed by atoms with Crippen molar-refractivity contribution in [2.24, 2.45) is 0 Å². The number of rotatable bonds is 8. The molecule has 26 heavy (non-hydrogen) atoms. The molecule has 4 nitrogen and oxygen atoms in total. The first-order valence-electron chi connectivity index (χ1n) is 8.58. The summed E-state index contributed by atoms with van der Waals surface area (Å²) in [5, 5.41) is 6.39. The molecule has 0 radical (unpaired) electrons. The molecule has 1 fully saturated rings. The minimum Gasteiger partial charge on any atom is -0.352 e. The maximum absolute atomic E-state index is 13.9. The van der Waals surface area contributed by atoms with E-state index >= 15 is 0 Å². The Morgan fingerprint density at radius 2 is 2.04 bits per heavy atom. The summed E-state index contributed by atoms with van der Waals surface area (Å²) >= 11 is 1.45. The normalized spacial score (nSPS) is 13.5. The largest absolute Gasteiger partial charge is 0.352 e. The van der Waals surface area contributed by atoms with Crippen molar-refractivity contribution >= 4 is 23.2 Å². The lowest BCUT2D eigenvalue weighted by Gasteiger charge is -2.23. The molecule has 2 aromatic rings. The Bertz CT molecular complexity index is 776. The second-order valence-electron chi connectivity index (χ2n) is 6.36. The third-order valence-corrected chi connectivity index (χ3v) is 4.98. The highest BCUT2D eigenvalue weighted by atomic mass is 32.1. The predicted molar refractivity (Wildman–Crippen MR) is 95.8 cm³/mol. The van der Waals surface area contributed by atoms with Crippen LogP contribution in [0.25, 0.3) is 0 Å².